The summed E-state index contributed by atoms with van der Waals surface area (Å²) >= 11 is 0. The molecule has 0 spiro atoms. The van der Waals surface area contributed by atoms with E-state index in [1.54, 1.807) is 46.6 Å². The molecule has 9 heteroatoms. The molecule has 0 atom stereocenters. The molecule has 0 bridgehead atoms. The van der Waals surface area contributed by atoms with Crippen molar-refractivity contribution in [2.24, 2.45) is 0 Å². The molecule has 1 N–H and O–H groups in total. The molecule has 2 amide bonds. The number of ether oxygens (including phenoxy) is 2. The molecule has 0 aliphatic carbocycles. The van der Waals surface area contributed by atoms with Crippen LogP contribution in [-0.2, 0) is 13.1 Å². The predicted octanol–water partition coefficient (Wildman–Crippen LogP) is 3.54. The van der Waals surface area contributed by atoms with Crippen molar-refractivity contribution in [3.05, 3.63) is 70.4 Å². The number of likely N-dealkylation sites (tertiary alicyclic amines) is 1. The maximum Gasteiger partial charge on any atom is 0.346 e. The van der Waals surface area contributed by atoms with Crippen LogP contribution in [0.2, 0.25) is 0 Å². The van der Waals surface area contributed by atoms with Crippen LogP contribution in [0.15, 0.2) is 53.3 Å². The van der Waals surface area contributed by atoms with Crippen molar-refractivity contribution in [2.75, 3.05) is 32.6 Å². The Hall–Kier alpha value is -3.75. The second-order valence-corrected chi connectivity index (χ2v) is 8.29. The fourth-order valence-electron chi connectivity index (χ4n) is 4.35. The first kappa shape index (κ1) is 23.4. The van der Waals surface area contributed by atoms with Gasteiger partial charge in [-0.15, -0.1) is 0 Å². The number of nitrogens with zero attached hydrogens (tertiary/aromatic N) is 4. The van der Waals surface area contributed by atoms with Gasteiger partial charge in [0.05, 0.1) is 26.5 Å². The van der Waals surface area contributed by atoms with Gasteiger partial charge in [-0.2, -0.15) is 5.10 Å². The van der Waals surface area contributed by atoms with Gasteiger partial charge in [0.25, 0.3) is 0 Å². The number of piperidine rings is 1. The van der Waals surface area contributed by atoms with Crippen molar-refractivity contribution < 1.29 is 14.3 Å². The Kier molecular flexibility index (Phi) is 7.20. The summed E-state index contributed by atoms with van der Waals surface area (Å²) in [5.74, 6) is 2.13. The summed E-state index contributed by atoms with van der Waals surface area (Å²) in [6, 6.07) is 15.0. The Bertz CT molecular complexity index is 1180. The predicted molar refractivity (Wildman–Crippen MR) is 130 cm³/mol. The Labute approximate surface area is 198 Å². The number of carbonyl (C=O) groups is 1. The third-order valence-electron chi connectivity index (χ3n) is 6.24. The highest BCUT2D eigenvalue weighted by atomic mass is 16.5. The summed E-state index contributed by atoms with van der Waals surface area (Å²) in [6.07, 6.45) is 1.49. The Morgan fingerprint density at radius 2 is 1.82 bits per heavy atom. The van der Waals surface area contributed by atoms with Crippen molar-refractivity contribution >= 4 is 11.7 Å². The van der Waals surface area contributed by atoms with Crippen LogP contribution < -0.4 is 20.5 Å². The Morgan fingerprint density at radius 1 is 1.09 bits per heavy atom. The molecule has 1 fully saturated rings. The number of hydrogen-bond donors (Lipinski definition) is 1. The van der Waals surface area contributed by atoms with E-state index in [0.29, 0.717) is 43.4 Å². The molecule has 1 aliphatic rings. The lowest BCUT2D eigenvalue weighted by Crippen LogP contribution is -2.41. The summed E-state index contributed by atoms with van der Waals surface area (Å²) < 4.78 is 13.9. The van der Waals surface area contributed by atoms with E-state index < -0.39 is 0 Å². The van der Waals surface area contributed by atoms with Gasteiger partial charge in [0.2, 0.25) is 0 Å². The monoisotopic (exact) mass is 465 g/mol. The topological polar surface area (TPSA) is 90.6 Å². The lowest BCUT2D eigenvalue weighted by atomic mass is 9.96. The van der Waals surface area contributed by atoms with Crippen LogP contribution >= 0.6 is 0 Å². The summed E-state index contributed by atoms with van der Waals surface area (Å²) in [5, 5.41) is 7.63. The molecule has 180 valence electrons. The first-order chi connectivity index (χ1) is 16.5. The zero-order chi connectivity index (χ0) is 24.1. The summed E-state index contributed by atoms with van der Waals surface area (Å²) in [6.45, 7) is 4.15. The Balaban J connectivity index is 1.42. The highest BCUT2D eigenvalue weighted by Crippen LogP contribution is 2.30. The minimum atomic E-state index is -0.176. The van der Waals surface area contributed by atoms with Crippen LogP contribution in [-0.4, -0.2) is 52.6 Å². The molecule has 3 aromatic rings. The van der Waals surface area contributed by atoms with Gasteiger partial charge in [0.15, 0.2) is 0 Å². The standard InChI is InChI=1S/C25H31N5O4/c1-4-29-23(27-30(25(29)32)17-18-8-6-5-7-9-18)19-12-14-28(15-13-19)24(31)26-21-11-10-20(33-2)16-22(21)34-3/h5-11,16,19H,4,12-15,17H2,1-3H3,(H,26,31). The number of aromatic nitrogens is 3. The summed E-state index contributed by atoms with van der Waals surface area (Å²) in [7, 11) is 3.14. The van der Waals surface area contributed by atoms with Gasteiger partial charge in [-0.1, -0.05) is 30.3 Å². The van der Waals surface area contributed by atoms with Gasteiger partial charge < -0.3 is 19.7 Å². The molecule has 0 unspecified atom stereocenters. The van der Waals surface area contributed by atoms with E-state index in [1.807, 2.05) is 37.3 Å². The van der Waals surface area contributed by atoms with Crippen LogP contribution in [0.3, 0.4) is 0 Å². The normalized spacial score (nSPS) is 14.1. The van der Waals surface area contributed by atoms with Crippen molar-refractivity contribution in [2.45, 2.75) is 38.8 Å². The number of hydrogen-bond acceptors (Lipinski definition) is 5. The Morgan fingerprint density at radius 3 is 2.47 bits per heavy atom. The van der Waals surface area contributed by atoms with E-state index in [2.05, 4.69) is 5.32 Å². The van der Waals surface area contributed by atoms with E-state index in [0.717, 1.165) is 24.2 Å². The molecule has 0 radical (unpaired) electrons. The molecule has 0 saturated carbocycles. The van der Waals surface area contributed by atoms with Gasteiger partial charge >= 0.3 is 11.7 Å². The molecule has 1 aliphatic heterocycles. The second kappa shape index (κ2) is 10.5. The molecule has 1 aromatic heterocycles. The second-order valence-electron chi connectivity index (χ2n) is 8.29. The number of nitrogens with one attached hydrogen (secondary N) is 1. The number of urea groups is 1. The van der Waals surface area contributed by atoms with Gasteiger partial charge in [-0.3, -0.25) is 4.57 Å². The van der Waals surface area contributed by atoms with Crippen molar-refractivity contribution in [1.82, 2.24) is 19.2 Å². The van der Waals surface area contributed by atoms with E-state index >= 15 is 0 Å². The van der Waals surface area contributed by atoms with E-state index in [4.69, 9.17) is 14.6 Å². The highest BCUT2D eigenvalue weighted by molar-refractivity contribution is 5.91. The van der Waals surface area contributed by atoms with Crippen LogP contribution in [0.5, 0.6) is 11.5 Å². The zero-order valence-electron chi connectivity index (χ0n) is 19.9. The van der Waals surface area contributed by atoms with E-state index in [-0.39, 0.29) is 17.6 Å². The summed E-state index contributed by atoms with van der Waals surface area (Å²) in [4.78, 5) is 27.6. The van der Waals surface area contributed by atoms with Crippen LogP contribution in [0.4, 0.5) is 10.5 Å². The number of benzene rings is 2. The average molecular weight is 466 g/mol. The van der Waals surface area contributed by atoms with Crippen LogP contribution in [0.1, 0.15) is 37.1 Å². The van der Waals surface area contributed by atoms with Gasteiger partial charge in [-0.25, -0.2) is 14.3 Å². The molecule has 9 nitrogen and oxygen atoms in total. The molecular formula is C25H31N5O4. The van der Waals surface area contributed by atoms with Crippen molar-refractivity contribution in [1.29, 1.82) is 0 Å². The maximum atomic E-state index is 12.9. The average Bonchev–Trinajstić information content (AvgIpc) is 3.19. The third-order valence-corrected chi connectivity index (χ3v) is 6.24. The molecule has 2 aromatic carbocycles. The van der Waals surface area contributed by atoms with Gasteiger partial charge in [-0.05, 0) is 37.5 Å². The largest absolute Gasteiger partial charge is 0.497 e. The first-order valence-electron chi connectivity index (χ1n) is 11.5. The highest BCUT2D eigenvalue weighted by Gasteiger charge is 2.28. The quantitative estimate of drug-likeness (QED) is 0.576. The number of carbonyl (C=O) groups excluding carboxylic acids is 1. The van der Waals surface area contributed by atoms with E-state index in [1.165, 1.54) is 0 Å². The van der Waals surface area contributed by atoms with Crippen molar-refractivity contribution in [3.63, 3.8) is 0 Å². The van der Waals surface area contributed by atoms with Crippen LogP contribution in [0, 0.1) is 0 Å². The van der Waals surface area contributed by atoms with Gasteiger partial charge in [0.1, 0.15) is 17.3 Å². The van der Waals surface area contributed by atoms with E-state index in [9.17, 15) is 9.59 Å². The lowest BCUT2D eigenvalue weighted by Gasteiger charge is -2.31. The minimum absolute atomic E-state index is 0.0897. The first-order valence-corrected chi connectivity index (χ1v) is 11.5. The SMILES string of the molecule is CCn1c(C2CCN(C(=O)Nc3ccc(OC)cc3OC)CC2)nn(Cc2ccccc2)c1=O. The van der Waals surface area contributed by atoms with Crippen molar-refractivity contribution in [3.8, 4) is 11.5 Å². The number of rotatable bonds is 7. The fourth-order valence-corrected chi connectivity index (χ4v) is 4.35. The van der Waals surface area contributed by atoms with Gasteiger partial charge in [0, 0.05) is 31.6 Å². The molecule has 2 heterocycles. The molecule has 4 rings (SSSR count). The maximum absolute atomic E-state index is 12.9. The molecular weight excluding hydrogens is 434 g/mol. The number of amides is 2. The smallest absolute Gasteiger partial charge is 0.346 e. The third kappa shape index (κ3) is 4.93. The van der Waals surface area contributed by atoms with Crippen LogP contribution in [0.25, 0.3) is 0 Å². The number of methoxy groups -OCH3 is 2. The minimum Gasteiger partial charge on any atom is -0.497 e. The fraction of sp³-hybridized carbons (Fsp3) is 0.400. The zero-order valence-corrected chi connectivity index (χ0v) is 19.9. The molecule has 34 heavy (non-hydrogen) atoms. The lowest BCUT2D eigenvalue weighted by molar-refractivity contribution is 0.192. The summed E-state index contributed by atoms with van der Waals surface area (Å²) in [5.41, 5.74) is 1.54. The molecule has 1 saturated heterocycles. The number of anilines is 1.